The van der Waals surface area contributed by atoms with Crippen LogP contribution in [0.25, 0.3) is 0 Å². The molecule has 224 valence electrons. The molecule has 2 bridgehead atoms. The summed E-state index contributed by atoms with van der Waals surface area (Å²) in [6.07, 6.45) is 6.43. The minimum atomic E-state index is -1.23. The lowest BCUT2D eigenvalue weighted by molar-refractivity contribution is -0.120. The standard InChI is InChI=1S/C30H41N3O8/c1-7-11-32-26-21-14-17(2)12-20(39-5)13-18(3)15-24(35)28(41-30(31)38)25(40-6)10-8-9-19(4)29(37)33-22(27(21)36)16-23(26)34/h7-10,15-18,20,25,28,32,35H,1,11-14H2,2-6H3,(H2,31,38)(H,33,37)/b10-8-,19-9+,24-15-/t17-,18+,20-,25?,28-/m0/s1. The number of ether oxygens (including phenoxy) is 3. The van der Waals surface area contributed by atoms with Crippen LogP contribution in [0.4, 0.5) is 4.79 Å². The average molecular weight is 572 g/mol. The van der Waals surface area contributed by atoms with Gasteiger partial charge >= 0.3 is 6.09 Å². The van der Waals surface area contributed by atoms with Gasteiger partial charge in [-0.2, -0.15) is 0 Å². The number of hydrogen-bond acceptors (Lipinski definition) is 9. The molecule has 0 saturated heterocycles. The van der Waals surface area contributed by atoms with Gasteiger partial charge in [-0.25, -0.2) is 4.79 Å². The number of hydrogen-bond donors (Lipinski definition) is 4. The molecule has 1 aliphatic heterocycles. The summed E-state index contributed by atoms with van der Waals surface area (Å²) in [5.74, 6) is -2.01. The first-order valence-electron chi connectivity index (χ1n) is 13.4. The summed E-state index contributed by atoms with van der Waals surface area (Å²) >= 11 is 0. The van der Waals surface area contributed by atoms with E-state index in [9.17, 15) is 24.3 Å². The zero-order chi connectivity index (χ0) is 30.7. The molecule has 1 aliphatic carbocycles. The maximum atomic E-state index is 13.5. The summed E-state index contributed by atoms with van der Waals surface area (Å²) < 4.78 is 16.3. The molecule has 2 aliphatic rings. The van der Waals surface area contributed by atoms with Crippen molar-refractivity contribution in [2.75, 3.05) is 20.8 Å². The van der Waals surface area contributed by atoms with Crippen molar-refractivity contribution in [3.8, 4) is 0 Å². The smallest absolute Gasteiger partial charge is 0.405 e. The summed E-state index contributed by atoms with van der Waals surface area (Å²) in [6.45, 7) is 9.29. The summed E-state index contributed by atoms with van der Waals surface area (Å²) in [5.41, 5.74) is 5.81. The summed E-state index contributed by atoms with van der Waals surface area (Å²) in [4.78, 5) is 51.0. The lowest BCUT2D eigenvalue weighted by Crippen LogP contribution is -2.36. The monoisotopic (exact) mass is 571 g/mol. The minimum Gasteiger partial charge on any atom is -0.509 e. The van der Waals surface area contributed by atoms with Gasteiger partial charge in [0.05, 0.1) is 17.5 Å². The van der Waals surface area contributed by atoms with Gasteiger partial charge in [-0.3, -0.25) is 14.4 Å². The maximum absolute atomic E-state index is 13.5. The normalized spacial score (nSPS) is 30.2. The van der Waals surface area contributed by atoms with E-state index in [-0.39, 0.29) is 59.2 Å². The number of nitrogens with two attached hydrogens (primary N) is 1. The Morgan fingerprint density at radius 2 is 1.93 bits per heavy atom. The number of fused-ring (bicyclic) bond motifs is 2. The fraction of sp³-hybridized carbons (Fsp3) is 0.467. The molecule has 5 atom stereocenters. The lowest BCUT2D eigenvalue weighted by Gasteiger charge is -2.26. The fourth-order valence-corrected chi connectivity index (χ4v) is 4.72. The Morgan fingerprint density at radius 3 is 2.54 bits per heavy atom. The van der Waals surface area contributed by atoms with Crippen LogP contribution in [0.15, 0.2) is 71.3 Å². The molecule has 0 saturated carbocycles. The number of rotatable bonds is 6. The van der Waals surface area contributed by atoms with Crippen molar-refractivity contribution in [2.45, 2.75) is 58.3 Å². The van der Waals surface area contributed by atoms with Gasteiger partial charge in [0.15, 0.2) is 6.10 Å². The van der Waals surface area contributed by atoms with E-state index in [1.165, 1.54) is 32.3 Å². The van der Waals surface area contributed by atoms with Crippen molar-refractivity contribution in [1.82, 2.24) is 10.6 Å². The van der Waals surface area contributed by atoms with Crippen molar-refractivity contribution in [1.29, 1.82) is 0 Å². The highest BCUT2D eigenvalue weighted by molar-refractivity contribution is 6.23. The second-order valence-corrected chi connectivity index (χ2v) is 10.2. The minimum absolute atomic E-state index is 0.0937. The lowest BCUT2D eigenvalue weighted by atomic mass is 9.86. The first-order chi connectivity index (χ1) is 19.4. The summed E-state index contributed by atoms with van der Waals surface area (Å²) in [6, 6.07) is 0. The van der Waals surface area contributed by atoms with Gasteiger partial charge in [-0.15, -0.1) is 6.58 Å². The first kappa shape index (κ1) is 33.2. The number of aliphatic hydroxyl groups is 1. The second-order valence-electron chi connectivity index (χ2n) is 10.2. The van der Waals surface area contributed by atoms with Crippen LogP contribution in [-0.4, -0.2) is 67.7 Å². The van der Waals surface area contributed by atoms with Crippen LogP contribution in [0.5, 0.6) is 0 Å². The Kier molecular flexibility index (Phi) is 12.8. The number of primary amides is 1. The molecule has 2 amide bonds. The molecule has 11 heteroatoms. The second kappa shape index (κ2) is 15.7. The number of nitrogens with one attached hydrogen (secondary N) is 2. The molecule has 1 unspecified atom stereocenters. The predicted molar refractivity (Wildman–Crippen MR) is 153 cm³/mol. The highest BCUT2D eigenvalue weighted by Gasteiger charge is 2.32. The van der Waals surface area contributed by atoms with Gasteiger partial charge in [-0.1, -0.05) is 38.2 Å². The fourth-order valence-electron chi connectivity index (χ4n) is 4.72. The Balaban J connectivity index is 2.57. The van der Waals surface area contributed by atoms with Crippen molar-refractivity contribution in [3.05, 3.63) is 71.3 Å². The zero-order valence-electron chi connectivity index (χ0n) is 24.3. The largest absolute Gasteiger partial charge is 0.509 e. The van der Waals surface area contributed by atoms with Crippen LogP contribution in [0.3, 0.4) is 0 Å². The van der Waals surface area contributed by atoms with Gasteiger partial charge in [0.1, 0.15) is 11.9 Å². The Labute approximate surface area is 240 Å². The molecule has 0 fully saturated rings. The van der Waals surface area contributed by atoms with Crippen LogP contribution >= 0.6 is 0 Å². The molecule has 0 aromatic heterocycles. The SMILES string of the molecule is C=CCNC1=C2C[C@@H](C)C[C@H](OC)C[C@@H](C)/C=C(\O)[C@H](OC(N)=O)C(OC)/C=C\C=C(/C)C(=O)NC(=CC1=O)C2=O. The molecule has 0 radical (unpaired) electrons. The summed E-state index contributed by atoms with van der Waals surface area (Å²) in [7, 11) is 2.94. The van der Waals surface area contributed by atoms with Crippen LogP contribution in [0.1, 0.15) is 40.0 Å². The van der Waals surface area contributed by atoms with Crippen LogP contribution in [0, 0.1) is 11.8 Å². The number of carbonyl (C=O) groups is 4. The number of ketones is 2. The van der Waals surface area contributed by atoms with E-state index in [1.807, 2.05) is 13.8 Å². The maximum Gasteiger partial charge on any atom is 0.405 e. The molecular weight excluding hydrogens is 530 g/mol. The van der Waals surface area contributed by atoms with E-state index in [0.717, 1.165) is 6.08 Å². The molecule has 41 heavy (non-hydrogen) atoms. The third-order valence-electron chi connectivity index (χ3n) is 6.77. The van der Waals surface area contributed by atoms with Gasteiger partial charge in [0.2, 0.25) is 11.6 Å². The Hall–Kier alpha value is -3.96. The predicted octanol–water partition coefficient (Wildman–Crippen LogP) is 3.06. The number of aliphatic hydroxyl groups excluding tert-OH is 1. The molecule has 11 nitrogen and oxygen atoms in total. The quantitative estimate of drug-likeness (QED) is 0.277. The molecule has 2 rings (SSSR count). The highest BCUT2D eigenvalue weighted by Crippen LogP contribution is 2.28. The average Bonchev–Trinajstić information content (AvgIpc) is 2.91. The Morgan fingerprint density at radius 1 is 1.22 bits per heavy atom. The van der Waals surface area contributed by atoms with Crippen molar-refractivity contribution < 1.29 is 38.5 Å². The van der Waals surface area contributed by atoms with Gasteiger partial charge < -0.3 is 35.7 Å². The van der Waals surface area contributed by atoms with Crippen molar-refractivity contribution in [3.63, 3.8) is 0 Å². The van der Waals surface area contributed by atoms with E-state index >= 15 is 0 Å². The van der Waals surface area contributed by atoms with Crippen LogP contribution in [0.2, 0.25) is 0 Å². The van der Waals surface area contributed by atoms with Gasteiger partial charge in [0.25, 0.3) is 5.91 Å². The van der Waals surface area contributed by atoms with E-state index in [4.69, 9.17) is 19.9 Å². The molecule has 0 spiro atoms. The molecule has 1 heterocycles. The van der Waals surface area contributed by atoms with E-state index in [2.05, 4.69) is 17.2 Å². The third kappa shape index (κ3) is 9.58. The topological polar surface area (TPSA) is 166 Å². The number of carbonyl (C=O) groups excluding carboxylic acids is 4. The molecule has 0 aromatic carbocycles. The van der Waals surface area contributed by atoms with Gasteiger partial charge in [-0.05, 0) is 44.1 Å². The first-order valence-corrected chi connectivity index (χ1v) is 13.4. The third-order valence-corrected chi connectivity index (χ3v) is 6.77. The van der Waals surface area contributed by atoms with Gasteiger partial charge in [0, 0.05) is 38.0 Å². The van der Waals surface area contributed by atoms with E-state index < -0.39 is 35.8 Å². The van der Waals surface area contributed by atoms with Crippen molar-refractivity contribution >= 4 is 23.6 Å². The van der Waals surface area contributed by atoms with Crippen molar-refractivity contribution in [2.24, 2.45) is 17.6 Å². The Bertz CT molecular complexity index is 1180. The van der Waals surface area contributed by atoms with E-state index in [1.54, 1.807) is 19.3 Å². The van der Waals surface area contributed by atoms with Crippen LogP contribution < -0.4 is 16.4 Å². The molecule has 5 N–H and O–H groups in total. The zero-order valence-corrected chi connectivity index (χ0v) is 24.3. The summed E-state index contributed by atoms with van der Waals surface area (Å²) in [5, 5.41) is 16.4. The molecule has 0 aromatic rings. The van der Waals surface area contributed by atoms with Crippen LogP contribution in [-0.2, 0) is 28.6 Å². The number of allylic oxidation sites excluding steroid dienone is 5. The van der Waals surface area contributed by atoms with E-state index in [0.29, 0.717) is 12.8 Å². The number of methoxy groups -OCH3 is 2. The molecular formula is C30H41N3O8. The number of Topliss-reactive ketones (excluding diaryl/α,β-unsaturated/α-hetero) is 1. The highest BCUT2D eigenvalue weighted by atomic mass is 16.6. The number of amides is 2.